The van der Waals surface area contributed by atoms with Crippen molar-refractivity contribution in [2.45, 2.75) is 53.0 Å². The standard InChI is InChI=1S/C14H31N3O2S/c1-5-16(6-2)20(18,19)17-10-8-7-9-14(17)12-15-11-13(3)4/h13-15H,5-12H2,1-4H3. The summed E-state index contributed by atoms with van der Waals surface area (Å²) in [7, 11) is -3.30. The summed E-state index contributed by atoms with van der Waals surface area (Å²) in [6.07, 6.45) is 3.06. The number of nitrogens with one attached hydrogen (secondary N) is 1. The van der Waals surface area contributed by atoms with E-state index in [0.717, 1.165) is 32.4 Å². The molecular weight excluding hydrogens is 274 g/mol. The van der Waals surface area contributed by atoms with Crippen LogP contribution in [0.2, 0.25) is 0 Å². The largest absolute Gasteiger partial charge is 0.315 e. The van der Waals surface area contributed by atoms with Crippen molar-refractivity contribution < 1.29 is 8.42 Å². The Balaban J connectivity index is 2.72. The number of hydrogen-bond acceptors (Lipinski definition) is 3. The Morgan fingerprint density at radius 3 is 2.45 bits per heavy atom. The van der Waals surface area contributed by atoms with Crippen LogP contribution < -0.4 is 5.32 Å². The Bertz CT molecular complexity index is 367. The van der Waals surface area contributed by atoms with E-state index in [-0.39, 0.29) is 6.04 Å². The molecular formula is C14H31N3O2S. The second-order valence-corrected chi connectivity index (χ2v) is 7.79. The predicted molar refractivity (Wildman–Crippen MR) is 83.9 cm³/mol. The van der Waals surface area contributed by atoms with Crippen LogP contribution in [0.5, 0.6) is 0 Å². The van der Waals surface area contributed by atoms with Gasteiger partial charge in [-0.3, -0.25) is 0 Å². The Kier molecular flexibility index (Phi) is 7.43. The van der Waals surface area contributed by atoms with Crippen LogP contribution in [0.15, 0.2) is 0 Å². The number of nitrogens with zero attached hydrogens (tertiary/aromatic N) is 2. The van der Waals surface area contributed by atoms with Gasteiger partial charge in [-0.2, -0.15) is 17.0 Å². The minimum Gasteiger partial charge on any atom is -0.315 e. The van der Waals surface area contributed by atoms with E-state index in [0.29, 0.717) is 25.6 Å². The van der Waals surface area contributed by atoms with Crippen LogP contribution in [-0.4, -0.2) is 55.8 Å². The van der Waals surface area contributed by atoms with Gasteiger partial charge in [0, 0.05) is 32.2 Å². The van der Waals surface area contributed by atoms with Crippen molar-refractivity contribution in [2.75, 3.05) is 32.7 Å². The molecule has 1 fully saturated rings. The van der Waals surface area contributed by atoms with Crippen molar-refractivity contribution in [3.63, 3.8) is 0 Å². The summed E-state index contributed by atoms with van der Waals surface area (Å²) in [5, 5.41) is 3.41. The van der Waals surface area contributed by atoms with Gasteiger partial charge in [0.15, 0.2) is 0 Å². The highest BCUT2D eigenvalue weighted by Gasteiger charge is 2.35. The van der Waals surface area contributed by atoms with E-state index in [1.165, 1.54) is 0 Å². The molecule has 1 unspecified atom stereocenters. The van der Waals surface area contributed by atoms with E-state index in [1.807, 2.05) is 13.8 Å². The molecule has 0 spiro atoms. The number of piperidine rings is 1. The normalized spacial score (nSPS) is 21.8. The van der Waals surface area contributed by atoms with Crippen LogP contribution in [0.25, 0.3) is 0 Å². The predicted octanol–water partition coefficient (Wildman–Crippen LogP) is 1.67. The molecule has 0 bridgehead atoms. The van der Waals surface area contributed by atoms with Gasteiger partial charge in [-0.05, 0) is 25.3 Å². The first-order valence-corrected chi connectivity index (χ1v) is 9.30. The van der Waals surface area contributed by atoms with Crippen LogP contribution in [0, 0.1) is 5.92 Å². The molecule has 0 aromatic rings. The highest BCUT2D eigenvalue weighted by atomic mass is 32.2. The maximum atomic E-state index is 12.7. The van der Waals surface area contributed by atoms with Crippen LogP contribution in [-0.2, 0) is 10.2 Å². The monoisotopic (exact) mass is 305 g/mol. The van der Waals surface area contributed by atoms with Gasteiger partial charge >= 0.3 is 0 Å². The van der Waals surface area contributed by atoms with Gasteiger partial charge in [0.05, 0.1) is 0 Å². The molecule has 0 amide bonds. The maximum Gasteiger partial charge on any atom is 0.282 e. The molecule has 20 heavy (non-hydrogen) atoms. The lowest BCUT2D eigenvalue weighted by Gasteiger charge is -2.37. The quantitative estimate of drug-likeness (QED) is 0.742. The molecule has 1 heterocycles. The first-order valence-electron chi connectivity index (χ1n) is 7.91. The zero-order valence-corrected chi connectivity index (χ0v) is 14.2. The lowest BCUT2D eigenvalue weighted by atomic mass is 10.0. The molecule has 1 saturated heterocycles. The molecule has 120 valence electrons. The number of hydrogen-bond donors (Lipinski definition) is 1. The van der Waals surface area contributed by atoms with Crippen LogP contribution in [0.3, 0.4) is 0 Å². The van der Waals surface area contributed by atoms with Crippen molar-refractivity contribution in [1.29, 1.82) is 0 Å². The lowest BCUT2D eigenvalue weighted by molar-refractivity contribution is 0.226. The Labute approximate surface area is 124 Å². The van der Waals surface area contributed by atoms with Gasteiger partial charge in [0.1, 0.15) is 0 Å². The minimum atomic E-state index is -3.30. The second kappa shape index (κ2) is 8.32. The Morgan fingerprint density at radius 2 is 1.90 bits per heavy atom. The average molecular weight is 305 g/mol. The topological polar surface area (TPSA) is 52.7 Å². The zero-order chi connectivity index (χ0) is 15.2. The molecule has 1 aliphatic heterocycles. The molecule has 0 aromatic carbocycles. The SMILES string of the molecule is CCN(CC)S(=O)(=O)N1CCCCC1CNCC(C)C. The molecule has 0 aromatic heterocycles. The summed E-state index contributed by atoms with van der Waals surface area (Å²) in [5.74, 6) is 0.589. The summed E-state index contributed by atoms with van der Waals surface area (Å²) >= 11 is 0. The molecule has 0 saturated carbocycles. The number of rotatable bonds is 8. The summed E-state index contributed by atoms with van der Waals surface area (Å²) in [4.78, 5) is 0. The third-order valence-corrected chi connectivity index (χ3v) is 6.08. The summed E-state index contributed by atoms with van der Waals surface area (Å²) in [6.45, 7) is 11.6. The lowest BCUT2D eigenvalue weighted by Crippen LogP contribution is -2.53. The van der Waals surface area contributed by atoms with Crippen molar-refractivity contribution in [2.24, 2.45) is 5.92 Å². The van der Waals surface area contributed by atoms with Crippen LogP contribution >= 0.6 is 0 Å². The van der Waals surface area contributed by atoms with Crippen molar-refractivity contribution in [3.8, 4) is 0 Å². The molecule has 6 heteroatoms. The molecule has 0 radical (unpaired) electrons. The van der Waals surface area contributed by atoms with Crippen molar-refractivity contribution in [1.82, 2.24) is 13.9 Å². The van der Waals surface area contributed by atoms with E-state index in [4.69, 9.17) is 0 Å². The van der Waals surface area contributed by atoms with Gasteiger partial charge in [-0.1, -0.05) is 34.1 Å². The van der Waals surface area contributed by atoms with Gasteiger partial charge < -0.3 is 5.32 Å². The molecule has 0 aliphatic carbocycles. The highest BCUT2D eigenvalue weighted by molar-refractivity contribution is 7.86. The van der Waals surface area contributed by atoms with Crippen LogP contribution in [0.4, 0.5) is 0 Å². The van der Waals surface area contributed by atoms with Gasteiger partial charge in [-0.25, -0.2) is 0 Å². The summed E-state index contributed by atoms with van der Waals surface area (Å²) in [5.41, 5.74) is 0. The molecule has 5 nitrogen and oxygen atoms in total. The minimum absolute atomic E-state index is 0.105. The Morgan fingerprint density at radius 1 is 1.25 bits per heavy atom. The van der Waals surface area contributed by atoms with E-state index in [1.54, 1.807) is 8.61 Å². The highest BCUT2D eigenvalue weighted by Crippen LogP contribution is 2.22. The van der Waals surface area contributed by atoms with E-state index >= 15 is 0 Å². The first-order chi connectivity index (χ1) is 9.43. The van der Waals surface area contributed by atoms with E-state index in [9.17, 15) is 8.42 Å². The average Bonchev–Trinajstić information content (AvgIpc) is 2.40. The fourth-order valence-electron chi connectivity index (χ4n) is 2.72. The molecule has 1 N–H and O–H groups in total. The van der Waals surface area contributed by atoms with E-state index < -0.39 is 10.2 Å². The first kappa shape index (κ1) is 17.9. The van der Waals surface area contributed by atoms with Gasteiger partial charge in [0.25, 0.3) is 10.2 Å². The van der Waals surface area contributed by atoms with Crippen LogP contribution in [0.1, 0.15) is 47.0 Å². The van der Waals surface area contributed by atoms with Crippen molar-refractivity contribution >= 4 is 10.2 Å². The van der Waals surface area contributed by atoms with Crippen molar-refractivity contribution in [3.05, 3.63) is 0 Å². The van der Waals surface area contributed by atoms with Gasteiger partial charge in [-0.15, -0.1) is 0 Å². The summed E-state index contributed by atoms with van der Waals surface area (Å²) < 4.78 is 28.6. The van der Waals surface area contributed by atoms with Gasteiger partial charge in [0.2, 0.25) is 0 Å². The molecule has 1 aliphatic rings. The zero-order valence-electron chi connectivity index (χ0n) is 13.4. The molecule has 1 rings (SSSR count). The maximum absolute atomic E-state index is 12.7. The smallest absolute Gasteiger partial charge is 0.282 e. The fraction of sp³-hybridized carbons (Fsp3) is 1.00. The molecule has 1 atom stereocenters. The third-order valence-electron chi connectivity index (χ3n) is 3.83. The second-order valence-electron chi connectivity index (χ2n) is 5.90. The van der Waals surface area contributed by atoms with E-state index in [2.05, 4.69) is 19.2 Å². The third kappa shape index (κ3) is 4.69. The fourth-order valence-corrected chi connectivity index (χ4v) is 4.58. The summed E-state index contributed by atoms with van der Waals surface area (Å²) in [6, 6.07) is 0.105. The Hall–Kier alpha value is -0.170.